The Bertz CT molecular complexity index is 1120. The first-order chi connectivity index (χ1) is 17.5. The van der Waals surface area contributed by atoms with Crippen LogP contribution in [0.3, 0.4) is 0 Å². The van der Waals surface area contributed by atoms with Crippen LogP contribution in [0.2, 0.25) is 0 Å². The van der Waals surface area contributed by atoms with E-state index in [4.69, 9.17) is 10.8 Å². The third kappa shape index (κ3) is 6.82. The molecule has 0 bridgehead atoms. The molecule has 0 radical (unpaired) electrons. The van der Waals surface area contributed by atoms with Gasteiger partial charge >= 0.3 is 5.97 Å². The summed E-state index contributed by atoms with van der Waals surface area (Å²) in [5, 5.41) is 12.2. The summed E-state index contributed by atoms with van der Waals surface area (Å²) in [6.07, 6.45) is 7.70. The largest absolute Gasteiger partial charge is 0.480 e. The Morgan fingerprint density at radius 2 is 1.44 bits per heavy atom. The van der Waals surface area contributed by atoms with Gasteiger partial charge in [-0.25, -0.2) is 0 Å². The van der Waals surface area contributed by atoms with Gasteiger partial charge in [0.25, 0.3) is 5.91 Å². The predicted octanol–water partition coefficient (Wildman–Crippen LogP) is 5.79. The molecule has 0 aliphatic heterocycles. The molecule has 5 heteroatoms. The van der Waals surface area contributed by atoms with Gasteiger partial charge in [0.2, 0.25) is 0 Å². The van der Waals surface area contributed by atoms with Crippen molar-refractivity contribution in [2.75, 3.05) is 6.54 Å². The van der Waals surface area contributed by atoms with Gasteiger partial charge in [0, 0.05) is 18.0 Å². The van der Waals surface area contributed by atoms with E-state index in [1.807, 2.05) is 6.07 Å². The summed E-state index contributed by atoms with van der Waals surface area (Å²) in [6, 6.07) is 25.3. The second-order valence-corrected chi connectivity index (χ2v) is 9.90. The number of carboxylic acids is 1. The molecule has 36 heavy (non-hydrogen) atoms. The lowest BCUT2D eigenvalue weighted by atomic mass is 9.81. The first-order valence-corrected chi connectivity index (χ1v) is 13.0. The van der Waals surface area contributed by atoms with Crippen molar-refractivity contribution in [2.45, 2.75) is 56.9 Å². The van der Waals surface area contributed by atoms with Crippen LogP contribution in [-0.2, 0) is 11.2 Å². The summed E-state index contributed by atoms with van der Waals surface area (Å²) in [7, 11) is 0. The minimum atomic E-state index is -1.03. The van der Waals surface area contributed by atoms with E-state index in [9.17, 15) is 9.59 Å². The number of hydrogen-bond donors (Lipinski definition) is 3. The maximum absolute atomic E-state index is 13.0. The number of rotatable bonds is 9. The van der Waals surface area contributed by atoms with Crippen molar-refractivity contribution in [3.05, 3.63) is 95.6 Å². The summed E-state index contributed by atoms with van der Waals surface area (Å²) in [4.78, 5) is 24.0. The van der Waals surface area contributed by atoms with Crippen LogP contribution in [0.5, 0.6) is 0 Å². The van der Waals surface area contributed by atoms with Crippen LogP contribution >= 0.6 is 0 Å². The van der Waals surface area contributed by atoms with Gasteiger partial charge in [-0.05, 0) is 59.6 Å². The molecule has 0 heterocycles. The molecule has 3 aromatic rings. The molecule has 0 spiro atoms. The lowest BCUT2D eigenvalue weighted by molar-refractivity contribution is -0.138. The highest BCUT2D eigenvalue weighted by Gasteiger charge is 2.25. The summed E-state index contributed by atoms with van der Waals surface area (Å²) in [5.74, 6) is -0.318. The molecule has 1 saturated carbocycles. The van der Waals surface area contributed by atoms with Gasteiger partial charge in [0.05, 0.1) is 0 Å². The number of carboxylic acid groups (broad SMARTS) is 1. The topological polar surface area (TPSA) is 92.4 Å². The van der Waals surface area contributed by atoms with Gasteiger partial charge in [-0.15, -0.1) is 0 Å². The zero-order valence-corrected chi connectivity index (χ0v) is 20.7. The number of aliphatic carboxylic acids is 1. The number of hydrogen-bond acceptors (Lipinski definition) is 3. The number of carbonyl (C=O) groups is 2. The van der Waals surface area contributed by atoms with Crippen molar-refractivity contribution >= 4 is 11.9 Å². The van der Waals surface area contributed by atoms with E-state index in [1.165, 1.54) is 55.2 Å². The molecule has 0 saturated heterocycles. The number of carbonyl (C=O) groups excluding carboxylic acids is 1. The Kier molecular flexibility index (Phi) is 8.90. The van der Waals surface area contributed by atoms with E-state index >= 15 is 0 Å². The van der Waals surface area contributed by atoms with Crippen LogP contribution in [0.4, 0.5) is 0 Å². The number of nitrogens with one attached hydrogen (secondary N) is 1. The fourth-order valence-electron chi connectivity index (χ4n) is 5.26. The maximum Gasteiger partial charge on any atom is 0.320 e. The Balaban J connectivity index is 1.46. The van der Waals surface area contributed by atoms with Crippen LogP contribution in [0.25, 0.3) is 11.1 Å². The zero-order valence-electron chi connectivity index (χ0n) is 20.7. The molecule has 3 aromatic carbocycles. The summed E-state index contributed by atoms with van der Waals surface area (Å²) >= 11 is 0. The van der Waals surface area contributed by atoms with Gasteiger partial charge in [-0.2, -0.15) is 0 Å². The number of benzene rings is 3. The van der Waals surface area contributed by atoms with Gasteiger partial charge in [-0.3, -0.25) is 9.59 Å². The minimum Gasteiger partial charge on any atom is -0.480 e. The molecule has 1 aliphatic rings. The third-order valence-corrected chi connectivity index (χ3v) is 7.39. The summed E-state index contributed by atoms with van der Waals surface area (Å²) in [5.41, 5.74) is 10.7. The first-order valence-electron chi connectivity index (χ1n) is 13.0. The van der Waals surface area contributed by atoms with Crippen molar-refractivity contribution in [2.24, 2.45) is 11.7 Å². The predicted molar refractivity (Wildman–Crippen MR) is 144 cm³/mol. The molecule has 1 fully saturated rings. The molecule has 1 amide bonds. The van der Waals surface area contributed by atoms with Crippen molar-refractivity contribution in [3.8, 4) is 11.1 Å². The molecule has 5 nitrogen and oxygen atoms in total. The first kappa shape index (κ1) is 25.6. The zero-order chi connectivity index (χ0) is 25.3. The number of amides is 1. The lowest BCUT2D eigenvalue weighted by Crippen LogP contribution is -2.32. The monoisotopic (exact) mass is 484 g/mol. The Labute approximate surface area is 213 Å². The van der Waals surface area contributed by atoms with Gasteiger partial charge < -0.3 is 16.2 Å². The Morgan fingerprint density at radius 3 is 2.06 bits per heavy atom. The summed E-state index contributed by atoms with van der Waals surface area (Å²) < 4.78 is 0. The van der Waals surface area contributed by atoms with E-state index in [0.717, 1.165) is 5.56 Å². The fourth-order valence-corrected chi connectivity index (χ4v) is 5.26. The SMILES string of the molecule is NC(Cc1ccc(C(=O)NCC(c2ccc(-c3ccccc3)cc2)C2CCCCCC2)cc1)C(=O)O. The van der Waals surface area contributed by atoms with Crippen molar-refractivity contribution in [3.63, 3.8) is 0 Å². The van der Waals surface area contributed by atoms with Gasteiger partial charge in [0.1, 0.15) is 6.04 Å². The molecular weight excluding hydrogens is 448 g/mol. The van der Waals surface area contributed by atoms with Crippen LogP contribution in [0.1, 0.15) is 65.9 Å². The molecule has 0 aromatic heterocycles. The minimum absolute atomic E-state index is 0.108. The normalized spacial score (nSPS) is 16.0. The molecule has 4 N–H and O–H groups in total. The maximum atomic E-state index is 13.0. The second-order valence-electron chi connectivity index (χ2n) is 9.90. The molecule has 1 aliphatic carbocycles. The average molecular weight is 485 g/mol. The van der Waals surface area contributed by atoms with E-state index in [2.05, 4.69) is 53.8 Å². The van der Waals surface area contributed by atoms with E-state index in [-0.39, 0.29) is 18.2 Å². The van der Waals surface area contributed by atoms with Gasteiger partial charge in [-0.1, -0.05) is 92.4 Å². The molecule has 4 rings (SSSR count). The average Bonchev–Trinajstić information content (AvgIpc) is 3.19. The van der Waals surface area contributed by atoms with Gasteiger partial charge in [0.15, 0.2) is 0 Å². The lowest BCUT2D eigenvalue weighted by Gasteiger charge is -2.27. The Morgan fingerprint density at radius 1 is 0.833 bits per heavy atom. The highest BCUT2D eigenvalue weighted by molar-refractivity contribution is 5.94. The number of nitrogens with two attached hydrogens (primary N) is 1. The molecule has 2 atom stereocenters. The third-order valence-electron chi connectivity index (χ3n) is 7.39. The van der Waals surface area contributed by atoms with Crippen molar-refractivity contribution in [1.82, 2.24) is 5.32 Å². The smallest absolute Gasteiger partial charge is 0.320 e. The summed E-state index contributed by atoms with van der Waals surface area (Å²) in [6.45, 7) is 0.597. The Hall–Kier alpha value is -3.44. The van der Waals surface area contributed by atoms with Crippen LogP contribution in [0.15, 0.2) is 78.9 Å². The fraction of sp³-hybridized carbons (Fsp3) is 0.355. The quantitative estimate of drug-likeness (QED) is 0.335. The van der Waals surface area contributed by atoms with Crippen LogP contribution < -0.4 is 11.1 Å². The van der Waals surface area contributed by atoms with E-state index in [0.29, 0.717) is 18.0 Å². The molecular formula is C31H36N2O3. The standard InChI is InChI=1S/C31H36N2O3/c32-29(31(35)36)20-22-12-14-27(15-13-22)30(34)33-21-28(25-10-4-1-2-5-11-25)26-18-16-24(17-19-26)23-8-6-3-7-9-23/h3,6-9,12-19,25,28-29H,1-2,4-5,10-11,20-21,32H2,(H,33,34)(H,35,36). The van der Waals surface area contributed by atoms with Crippen molar-refractivity contribution < 1.29 is 14.7 Å². The van der Waals surface area contributed by atoms with E-state index in [1.54, 1.807) is 24.3 Å². The molecule has 188 valence electrons. The van der Waals surface area contributed by atoms with Crippen LogP contribution in [-0.4, -0.2) is 29.6 Å². The second kappa shape index (κ2) is 12.5. The highest BCUT2D eigenvalue weighted by Crippen LogP contribution is 2.35. The highest BCUT2D eigenvalue weighted by atomic mass is 16.4. The van der Waals surface area contributed by atoms with Crippen molar-refractivity contribution in [1.29, 1.82) is 0 Å². The molecule has 2 unspecified atom stereocenters. The van der Waals surface area contributed by atoms with E-state index < -0.39 is 12.0 Å². The van der Waals surface area contributed by atoms with Crippen LogP contribution in [0, 0.1) is 5.92 Å².